The van der Waals surface area contributed by atoms with Crippen molar-refractivity contribution in [3.8, 4) is 22.3 Å². The molecule has 0 radical (unpaired) electrons. The highest BCUT2D eigenvalue weighted by Gasteiger charge is 2.52. The third-order valence-corrected chi connectivity index (χ3v) is 11.4. The highest BCUT2D eigenvalue weighted by atomic mass is 32.2. The Morgan fingerprint density at radius 3 is 1.94 bits per heavy atom. The van der Waals surface area contributed by atoms with Gasteiger partial charge in [-0.25, -0.2) is 0 Å². The number of hydrazine groups is 1. The van der Waals surface area contributed by atoms with Crippen molar-refractivity contribution >= 4 is 17.3 Å². The van der Waals surface area contributed by atoms with Crippen molar-refractivity contribution in [3.63, 3.8) is 0 Å². The van der Waals surface area contributed by atoms with E-state index in [1.165, 1.54) is 66.1 Å². The first-order chi connectivity index (χ1) is 23.7. The van der Waals surface area contributed by atoms with Crippen LogP contribution in [0.4, 0.5) is 0 Å². The molecule has 0 aromatic heterocycles. The van der Waals surface area contributed by atoms with Gasteiger partial charge in [-0.2, -0.15) is 0 Å². The smallest absolute Gasteiger partial charge is 0.0726 e. The summed E-state index contributed by atoms with van der Waals surface area (Å²) in [6.07, 6.45) is 6.30. The number of allylic oxidation sites excluding steroid dienone is 4. The van der Waals surface area contributed by atoms with E-state index in [-0.39, 0.29) is 12.0 Å². The maximum atomic E-state index is 6.43. The van der Waals surface area contributed by atoms with Gasteiger partial charge in [0.25, 0.3) is 0 Å². The average molecular weight is 635 g/mol. The minimum Gasteiger partial charge on any atom is -0.271 e. The molecule has 0 saturated heterocycles. The van der Waals surface area contributed by atoms with E-state index in [0.29, 0.717) is 0 Å². The van der Waals surface area contributed by atoms with Crippen molar-refractivity contribution in [3.05, 3.63) is 214 Å². The Balaban J connectivity index is 1.35. The largest absolute Gasteiger partial charge is 0.271 e. The molecule has 0 saturated carbocycles. The van der Waals surface area contributed by atoms with Crippen LogP contribution in [0.1, 0.15) is 56.5 Å². The molecule has 1 aliphatic heterocycles. The summed E-state index contributed by atoms with van der Waals surface area (Å²) in [6.45, 7) is 4.46. The number of hydrogen-bond donors (Lipinski definition) is 2. The molecule has 3 N–H and O–H groups in total. The second-order valence-corrected chi connectivity index (χ2v) is 13.7. The number of thioether (sulfide) groups is 1. The van der Waals surface area contributed by atoms with Crippen LogP contribution in [-0.4, -0.2) is 0 Å². The fourth-order valence-electron chi connectivity index (χ4n) is 8.48. The third kappa shape index (κ3) is 4.15. The van der Waals surface area contributed by atoms with Gasteiger partial charge in [0.1, 0.15) is 0 Å². The zero-order chi connectivity index (χ0) is 32.2. The Kier molecular flexibility index (Phi) is 6.95. The number of fused-ring (bicyclic) bond motifs is 12. The van der Waals surface area contributed by atoms with E-state index in [9.17, 15) is 0 Å². The molecule has 3 heteroatoms. The van der Waals surface area contributed by atoms with Gasteiger partial charge in [0.2, 0.25) is 0 Å². The summed E-state index contributed by atoms with van der Waals surface area (Å²) in [7, 11) is 0. The summed E-state index contributed by atoms with van der Waals surface area (Å²) in [4.78, 5) is 1.27. The van der Waals surface area contributed by atoms with Crippen molar-refractivity contribution in [2.24, 2.45) is 5.84 Å². The van der Waals surface area contributed by atoms with Crippen LogP contribution in [0, 0.1) is 0 Å². The molecule has 1 heterocycles. The number of benzene rings is 6. The molecule has 3 aliphatic rings. The van der Waals surface area contributed by atoms with Crippen LogP contribution in [0.2, 0.25) is 0 Å². The van der Waals surface area contributed by atoms with Gasteiger partial charge < -0.3 is 0 Å². The van der Waals surface area contributed by atoms with E-state index >= 15 is 0 Å². The van der Waals surface area contributed by atoms with Gasteiger partial charge in [0.15, 0.2) is 0 Å². The molecule has 2 aliphatic carbocycles. The first kappa shape index (κ1) is 29.0. The van der Waals surface area contributed by atoms with Crippen LogP contribution in [-0.2, 0) is 5.41 Å². The van der Waals surface area contributed by atoms with Crippen molar-refractivity contribution < 1.29 is 0 Å². The maximum absolute atomic E-state index is 6.43. The lowest BCUT2D eigenvalue weighted by atomic mass is 9.69. The van der Waals surface area contributed by atoms with Crippen molar-refractivity contribution in [1.82, 2.24) is 5.43 Å². The third-order valence-electron chi connectivity index (χ3n) is 10.4. The number of hydrogen-bond acceptors (Lipinski definition) is 3. The van der Waals surface area contributed by atoms with Crippen LogP contribution in [0.5, 0.6) is 0 Å². The predicted molar refractivity (Wildman–Crippen MR) is 201 cm³/mol. The number of nitrogens with one attached hydrogen (secondary N) is 1. The van der Waals surface area contributed by atoms with Gasteiger partial charge in [0.05, 0.1) is 11.5 Å². The molecule has 1 spiro atoms. The molecule has 0 bridgehead atoms. The van der Waals surface area contributed by atoms with Crippen molar-refractivity contribution in [1.29, 1.82) is 0 Å². The van der Waals surface area contributed by atoms with E-state index < -0.39 is 5.41 Å². The molecule has 48 heavy (non-hydrogen) atoms. The van der Waals surface area contributed by atoms with Crippen LogP contribution >= 0.6 is 11.8 Å². The quantitative estimate of drug-likeness (QED) is 0.146. The molecular formula is C45H34N2S. The standard InChI is InChI=1S/C45H34N2S/c1-29-14-12-13-27-48-44-33(29)25-26-39-42(44)36-20-9-11-22-38(36)45(39)37-21-10-8-19-34(37)35-24-23-32(28-40(35)45)41(30-15-4-2-5-16-30)43(47-46)31-17-6-3-7-18-31/h2-28,41,43,47H,1,46H2/b14-12-,27-13-. The van der Waals surface area contributed by atoms with Crippen molar-refractivity contribution in [2.45, 2.75) is 22.3 Å². The molecule has 0 fully saturated rings. The monoisotopic (exact) mass is 634 g/mol. The van der Waals surface area contributed by atoms with Crippen LogP contribution in [0.15, 0.2) is 175 Å². The van der Waals surface area contributed by atoms with Crippen LogP contribution in [0.25, 0.3) is 27.8 Å². The highest BCUT2D eigenvalue weighted by Crippen LogP contribution is 2.65. The van der Waals surface area contributed by atoms with E-state index in [0.717, 1.165) is 11.1 Å². The molecular weight excluding hydrogens is 601 g/mol. The Morgan fingerprint density at radius 2 is 1.19 bits per heavy atom. The molecule has 3 unspecified atom stereocenters. The fraction of sp³-hybridized carbons (Fsp3) is 0.0667. The summed E-state index contributed by atoms with van der Waals surface area (Å²) in [5, 5.41) is 2.19. The molecule has 6 aromatic rings. The fourth-order valence-corrected chi connectivity index (χ4v) is 9.45. The summed E-state index contributed by atoms with van der Waals surface area (Å²) in [5.74, 6) is 6.41. The minimum absolute atomic E-state index is 0.0209. The van der Waals surface area contributed by atoms with E-state index in [1.54, 1.807) is 11.8 Å². The lowest BCUT2D eigenvalue weighted by molar-refractivity contribution is 0.499. The Labute approximate surface area is 286 Å². The van der Waals surface area contributed by atoms with Crippen LogP contribution < -0.4 is 11.3 Å². The number of rotatable bonds is 5. The normalized spacial score (nSPS) is 19.2. The maximum Gasteiger partial charge on any atom is 0.0726 e. The molecule has 2 nitrogen and oxygen atoms in total. The zero-order valence-corrected chi connectivity index (χ0v) is 27.3. The van der Waals surface area contributed by atoms with E-state index in [4.69, 9.17) is 5.84 Å². The Morgan fingerprint density at radius 1 is 0.562 bits per heavy atom. The van der Waals surface area contributed by atoms with E-state index in [1.807, 2.05) is 0 Å². The summed E-state index contributed by atoms with van der Waals surface area (Å²) >= 11 is 1.80. The van der Waals surface area contributed by atoms with Gasteiger partial charge >= 0.3 is 0 Å². The van der Waals surface area contributed by atoms with Gasteiger partial charge in [-0.15, -0.1) is 0 Å². The molecule has 230 valence electrons. The second-order valence-electron chi connectivity index (χ2n) is 12.8. The Hall–Kier alpha value is -5.19. The first-order valence-electron chi connectivity index (χ1n) is 16.5. The SMILES string of the molecule is C=C1/C=C\C=C/Sc2c1ccc1c2-c2ccccc2C12c1ccccc1-c1ccc(C(c3ccccc3)C(NN)c3ccccc3)cc12. The summed E-state index contributed by atoms with van der Waals surface area (Å²) in [6, 6.07) is 51.1. The summed E-state index contributed by atoms with van der Waals surface area (Å²) < 4.78 is 0. The van der Waals surface area contributed by atoms with Gasteiger partial charge in [0, 0.05) is 16.4 Å². The van der Waals surface area contributed by atoms with Crippen molar-refractivity contribution in [2.75, 3.05) is 0 Å². The van der Waals surface area contributed by atoms with Gasteiger partial charge in [-0.05, 0) is 72.2 Å². The lowest BCUT2D eigenvalue weighted by Gasteiger charge is -2.33. The molecule has 0 amide bonds. The van der Waals surface area contributed by atoms with Gasteiger partial charge in [-0.1, -0.05) is 176 Å². The summed E-state index contributed by atoms with van der Waals surface area (Å²) in [5.41, 5.74) is 19.1. The zero-order valence-electron chi connectivity index (χ0n) is 26.4. The number of nitrogens with two attached hydrogens (primary N) is 1. The lowest BCUT2D eigenvalue weighted by Crippen LogP contribution is -2.33. The van der Waals surface area contributed by atoms with Crippen LogP contribution in [0.3, 0.4) is 0 Å². The molecule has 9 rings (SSSR count). The Bertz CT molecular complexity index is 2280. The van der Waals surface area contributed by atoms with Gasteiger partial charge in [-0.3, -0.25) is 11.3 Å². The average Bonchev–Trinajstić information content (AvgIpc) is 3.60. The minimum atomic E-state index is -0.466. The highest BCUT2D eigenvalue weighted by molar-refractivity contribution is 8.02. The molecule has 6 aromatic carbocycles. The molecule has 3 atom stereocenters. The second kappa shape index (κ2) is 11.5. The van der Waals surface area contributed by atoms with E-state index in [2.05, 4.69) is 175 Å². The topological polar surface area (TPSA) is 38.0 Å². The predicted octanol–water partition coefficient (Wildman–Crippen LogP) is 10.6. The first-order valence-corrected chi connectivity index (χ1v) is 17.4.